The highest BCUT2D eigenvalue weighted by atomic mass is 35.5. The number of hydrogen-bond acceptors (Lipinski definition) is 3. The third-order valence-corrected chi connectivity index (χ3v) is 4.46. The molecule has 0 aliphatic heterocycles. The Bertz CT molecular complexity index is 888. The van der Waals surface area contributed by atoms with E-state index in [0.717, 1.165) is 22.6 Å². The Balaban J connectivity index is 1.82. The van der Waals surface area contributed by atoms with Crippen LogP contribution in [-0.2, 0) is 0 Å². The number of hydrazone groups is 1. The van der Waals surface area contributed by atoms with Crippen LogP contribution in [0.4, 0.5) is 5.69 Å². The molecule has 0 spiro atoms. The molecule has 1 N–H and O–H groups in total. The summed E-state index contributed by atoms with van der Waals surface area (Å²) in [5.41, 5.74) is 6.04. The molecule has 0 aliphatic carbocycles. The van der Waals surface area contributed by atoms with Crippen LogP contribution in [0.3, 0.4) is 0 Å². The van der Waals surface area contributed by atoms with Gasteiger partial charge in [0.1, 0.15) is 5.15 Å². The Labute approximate surface area is 154 Å². The standard InChI is InChI=1S/C17H13Cl3N4/c1-11-14(10-21-22-12-7-8-15(18)16(19)9-12)17(20)24(23-11)13-5-3-2-4-6-13/h2-10,22H,1H3/b21-10+. The maximum absolute atomic E-state index is 6.43. The number of aryl methyl sites for hydroxylation is 1. The van der Waals surface area contributed by atoms with Crippen molar-refractivity contribution in [3.63, 3.8) is 0 Å². The van der Waals surface area contributed by atoms with Gasteiger partial charge < -0.3 is 0 Å². The fourth-order valence-corrected chi connectivity index (χ4v) is 2.75. The second-order valence-corrected chi connectivity index (χ2v) is 6.21. The van der Waals surface area contributed by atoms with Crippen molar-refractivity contribution < 1.29 is 0 Å². The summed E-state index contributed by atoms with van der Waals surface area (Å²) in [5.74, 6) is 0. The lowest BCUT2D eigenvalue weighted by molar-refractivity contribution is 0.863. The van der Waals surface area contributed by atoms with Gasteiger partial charge >= 0.3 is 0 Å². The molecule has 122 valence electrons. The third kappa shape index (κ3) is 3.56. The molecule has 24 heavy (non-hydrogen) atoms. The van der Waals surface area contributed by atoms with Crippen LogP contribution in [0, 0.1) is 6.92 Å². The molecule has 0 radical (unpaired) electrons. The molecule has 0 atom stereocenters. The second kappa shape index (κ2) is 7.26. The van der Waals surface area contributed by atoms with Crippen molar-refractivity contribution >= 4 is 46.7 Å². The highest BCUT2D eigenvalue weighted by Crippen LogP contribution is 2.25. The van der Waals surface area contributed by atoms with E-state index in [4.69, 9.17) is 34.8 Å². The molecule has 7 heteroatoms. The van der Waals surface area contributed by atoms with E-state index >= 15 is 0 Å². The minimum absolute atomic E-state index is 0.461. The van der Waals surface area contributed by atoms with Gasteiger partial charge in [-0.1, -0.05) is 53.0 Å². The zero-order chi connectivity index (χ0) is 17.1. The number of para-hydroxylation sites is 1. The van der Waals surface area contributed by atoms with Gasteiger partial charge in [-0.05, 0) is 37.3 Å². The van der Waals surface area contributed by atoms with Crippen molar-refractivity contribution in [3.8, 4) is 5.69 Å². The summed E-state index contributed by atoms with van der Waals surface area (Å²) < 4.78 is 1.68. The molecule has 0 bridgehead atoms. The Morgan fingerprint density at radius 1 is 1.04 bits per heavy atom. The minimum Gasteiger partial charge on any atom is -0.278 e. The van der Waals surface area contributed by atoms with Crippen LogP contribution in [0.2, 0.25) is 15.2 Å². The molecule has 3 aromatic rings. The van der Waals surface area contributed by atoms with Crippen LogP contribution in [0.5, 0.6) is 0 Å². The van der Waals surface area contributed by atoms with E-state index in [1.165, 1.54) is 0 Å². The zero-order valence-corrected chi connectivity index (χ0v) is 14.9. The average molecular weight is 380 g/mol. The molecule has 1 aromatic heterocycles. The van der Waals surface area contributed by atoms with Crippen molar-refractivity contribution in [2.75, 3.05) is 5.43 Å². The van der Waals surface area contributed by atoms with Gasteiger partial charge in [0.25, 0.3) is 0 Å². The summed E-state index contributed by atoms with van der Waals surface area (Å²) in [4.78, 5) is 0. The molecule has 0 saturated carbocycles. The van der Waals surface area contributed by atoms with Crippen LogP contribution in [0.25, 0.3) is 5.69 Å². The first-order valence-corrected chi connectivity index (χ1v) is 8.24. The van der Waals surface area contributed by atoms with Crippen molar-refractivity contribution in [1.29, 1.82) is 0 Å². The molecule has 3 rings (SSSR count). The first-order valence-electron chi connectivity index (χ1n) is 7.11. The van der Waals surface area contributed by atoms with Gasteiger partial charge in [-0.15, -0.1) is 0 Å². The molecule has 1 heterocycles. The lowest BCUT2D eigenvalue weighted by Gasteiger charge is -2.02. The van der Waals surface area contributed by atoms with Crippen LogP contribution in [0.15, 0.2) is 53.6 Å². The lowest BCUT2D eigenvalue weighted by Crippen LogP contribution is -1.96. The molecule has 0 unspecified atom stereocenters. The highest BCUT2D eigenvalue weighted by molar-refractivity contribution is 6.42. The number of hydrogen-bond donors (Lipinski definition) is 1. The fourth-order valence-electron chi connectivity index (χ4n) is 2.14. The van der Waals surface area contributed by atoms with E-state index in [1.54, 1.807) is 29.1 Å². The number of halogens is 3. The minimum atomic E-state index is 0.461. The number of nitrogens with zero attached hydrogens (tertiary/aromatic N) is 3. The molecular formula is C17H13Cl3N4. The largest absolute Gasteiger partial charge is 0.278 e. The van der Waals surface area contributed by atoms with E-state index in [9.17, 15) is 0 Å². The predicted molar refractivity (Wildman–Crippen MR) is 101 cm³/mol. The lowest BCUT2D eigenvalue weighted by atomic mass is 10.3. The molecule has 4 nitrogen and oxygen atoms in total. The van der Waals surface area contributed by atoms with E-state index in [1.807, 2.05) is 37.3 Å². The monoisotopic (exact) mass is 378 g/mol. The maximum Gasteiger partial charge on any atom is 0.142 e. The molecular weight excluding hydrogens is 367 g/mol. The smallest absolute Gasteiger partial charge is 0.142 e. The van der Waals surface area contributed by atoms with Gasteiger partial charge in [0.2, 0.25) is 0 Å². The quantitative estimate of drug-likeness (QED) is 0.474. The van der Waals surface area contributed by atoms with Crippen LogP contribution in [0.1, 0.15) is 11.3 Å². The summed E-state index contributed by atoms with van der Waals surface area (Å²) in [6.45, 7) is 1.88. The Morgan fingerprint density at radius 2 is 1.79 bits per heavy atom. The Hall–Kier alpha value is -2.01. The van der Waals surface area contributed by atoms with Crippen molar-refractivity contribution in [2.45, 2.75) is 6.92 Å². The topological polar surface area (TPSA) is 42.2 Å². The Morgan fingerprint density at radius 3 is 2.50 bits per heavy atom. The first-order chi connectivity index (χ1) is 11.6. The van der Waals surface area contributed by atoms with Crippen molar-refractivity contribution in [3.05, 3.63) is 75.0 Å². The first kappa shape index (κ1) is 16.8. The zero-order valence-electron chi connectivity index (χ0n) is 12.7. The normalized spacial score (nSPS) is 11.2. The fraction of sp³-hybridized carbons (Fsp3) is 0.0588. The number of aromatic nitrogens is 2. The molecule has 0 aliphatic rings. The van der Waals surface area contributed by atoms with Gasteiger partial charge in [0.05, 0.1) is 38.9 Å². The van der Waals surface area contributed by atoms with Crippen LogP contribution < -0.4 is 5.43 Å². The van der Waals surface area contributed by atoms with Gasteiger partial charge in [-0.2, -0.15) is 10.2 Å². The number of benzene rings is 2. The number of anilines is 1. The molecule has 0 amide bonds. The highest BCUT2D eigenvalue weighted by Gasteiger charge is 2.12. The second-order valence-electron chi connectivity index (χ2n) is 5.04. The molecule has 2 aromatic carbocycles. The molecule has 0 fully saturated rings. The van der Waals surface area contributed by atoms with E-state index in [-0.39, 0.29) is 0 Å². The number of rotatable bonds is 4. The summed E-state index contributed by atoms with van der Waals surface area (Å²) in [5, 5.41) is 10.1. The number of nitrogens with one attached hydrogen (secondary N) is 1. The summed E-state index contributed by atoms with van der Waals surface area (Å²) in [6, 6.07) is 14.9. The third-order valence-electron chi connectivity index (χ3n) is 3.36. The SMILES string of the molecule is Cc1nn(-c2ccccc2)c(Cl)c1/C=N/Nc1ccc(Cl)c(Cl)c1. The van der Waals surface area contributed by atoms with E-state index in [2.05, 4.69) is 15.6 Å². The Kier molecular flexibility index (Phi) is 5.09. The van der Waals surface area contributed by atoms with Crippen LogP contribution >= 0.6 is 34.8 Å². The predicted octanol–water partition coefficient (Wildman–Crippen LogP) is 5.59. The van der Waals surface area contributed by atoms with Gasteiger partial charge in [0, 0.05) is 0 Å². The molecule has 0 saturated heterocycles. The van der Waals surface area contributed by atoms with Crippen LogP contribution in [-0.4, -0.2) is 16.0 Å². The summed E-state index contributed by atoms with van der Waals surface area (Å²) >= 11 is 18.3. The summed E-state index contributed by atoms with van der Waals surface area (Å²) in [7, 11) is 0. The summed E-state index contributed by atoms with van der Waals surface area (Å²) in [6.07, 6.45) is 1.63. The van der Waals surface area contributed by atoms with Crippen molar-refractivity contribution in [2.24, 2.45) is 5.10 Å². The van der Waals surface area contributed by atoms with Gasteiger partial charge in [-0.25, -0.2) is 4.68 Å². The van der Waals surface area contributed by atoms with Crippen molar-refractivity contribution in [1.82, 2.24) is 9.78 Å². The van der Waals surface area contributed by atoms with E-state index in [0.29, 0.717) is 15.2 Å². The van der Waals surface area contributed by atoms with Gasteiger partial charge in [0.15, 0.2) is 0 Å². The maximum atomic E-state index is 6.43. The average Bonchev–Trinajstić information content (AvgIpc) is 2.87. The van der Waals surface area contributed by atoms with Gasteiger partial charge in [-0.3, -0.25) is 5.43 Å². The van der Waals surface area contributed by atoms with E-state index < -0.39 is 0 Å².